The van der Waals surface area contributed by atoms with Gasteiger partial charge in [0.1, 0.15) is 6.61 Å². The molecule has 0 aromatic heterocycles. The Kier molecular flexibility index (Phi) is 6.17. The minimum absolute atomic E-state index is 0.159. The molecule has 0 aromatic rings. The van der Waals surface area contributed by atoms with Crippen LogP contribution in [0.5, 0.6) is 0 Å². The van der Waals surface area contributed by atoms with Crippen molar-refractivity contribution in [2.45, 2.75) is 6.18 Å². The molecule has 0 unspecified atom stereocenters. The summed E-state index contributed by atoms with van der Waals surface area (Å²) in [5.74, 6) is -0.789. The van der Waals surface area contributed by atoms with Gasteiger partial charge in [-0.15, -0.1) is 0 Å². The predicted molar refractivity (Wildman–Crippen MR) is 40.0 cm³/mol. The Hall–Kier alpha value is -0.860. The number of carbonyl (C=O) groups is 1. The molecular formula is C6H11F3N2O3. The van der Waals surface area contributed by atoms with Crippen molar-refractivity contribution in [1.82, 2.24) is 5.48 Å². The van der Waals surface area contributed by atoms with Crippen LogP contribution in [0.25, 0.3) is 0 Å². The Balaban J connectivity index is 3.36. The number of hydrogen-bond acceptors (Lipinski definition) is 4. The first-order valence-electron chi connectivity index (χ1n) is 3.71. The smallest absolute Gasteiger partial charge is 0.370 e. The third kappa shape index (κ3) is 9.23. The van der Waals surface area contributed by atoms with Crippen molar-refractivity contribution in [2.75, 3.05) is 26.4 Å². The number of ether oxygens (including phenoxy) is 1. The van der Waals surface area contributed by atoms with Crippen LogP contribution in [0.1, 0.15) is 0 Å². The Bertz CT molecular complexity index is 174. The van der Waals surface area contributed by atoms with E-state index < -0.39 is 18.7 Å². The molecular weight excluding hydrogens is 205 g/mol. The van der Waals surface area contributed by atoms with Gasteiger partial charge in [-0.2, -0.15) is 13.2 Å². The molecule has 0 rings (SSSR count). The normalized spacial score (nSPS) is 11.4. The SMILES string of the molecule is NCCOCC(=O)NOCC(F)(F)F. The van der Waals surface area contributed by atoms with Crippen LogP contribution in [0.15, 0.2) is 0 Å². The Labute approximate surface area is 78.3 Å². The fraction of sp³-hybridized carbons (Fsp3) is 0.833. The first-order valence-corrected chi connectivity index (χ1v) is 3.71. The van der Waals surface area contributed by atoms with Gasteiger partial charge in [0.15, 0.2) is 6.61 Å². The summed E-state index contributed by atoms with van der Waals surface area (Å²) in [6.07, 6.45) is -4.47. The van der Waals surface area contributed by atoms with Gasteiger partial charge in [-0.25, -0.2) is 5.48 Å². The van der Waals surface area contributed by atoms with Crippen molar-refractivity contribution in [1.29, 1.82) is 0 Å². The van der Waals surface area contributed by atoms with E-state index in [4.69, 9.17) is 5.73 Å². The number of nitrogens with one attached hydrogen (secondary N) is 1. The maximum Gasteiger partial charge on any atom is 0.414 e. The van der Waals surface area contributed by atoms with Crippen molar-refractivity contribution in [3.05, 3.63) is 0 Å². The fourth-order valence-corrected chi connectivity index (χ4v) is 0.476. The molecule has 84 valence electrons. The molecule has 1 amide bonds. The van der Waals surface area contributed by atoms with Crippen LogP contribution in [0.3, 0.4) is 0 Å². The van der Waals surface area contributed by atoms with E-state index in [9.17, 15) is 18.0 Å². The van der Waals surface area contributed by atoms with E-state index in [1.54, 1.807) is 5.48 Å². The van der Waals surface area contributed by atoms with Gasteiger partial charge in [-0.05, 0) is 0 Å². The van der Waals surface area contributed by atoms with E-state index in [1.807, 2.05) is 0 Å². The summed E-state index contributed by atoms with van der Waals surface area (Å²) in [4.78, 5) is 14.5. The topological polar surface area (TPSA) is 73.6 Å². The van der Waals surface area contributed by atoms with Gasteiger partial charge in [0.05, 0.1) is 6.61 Å². The molecule has 0 spiro atoms. The number of halogens is 3. The first kappa shape index (κ1) is 13.1. The monoisotopic (exact) mass is 216 g/mol. The maximum atomic E-state index is 11.5. The number of carbonyl (C=O) groups excluding carboxylic acids is 1. The molecule has 0 aliphatic heterocycles. The molecule has 3 N–H and O–H groups in total. The van der Waals surface area contributed by atoms with Gasteiger partial charge in [0.25, 0.3) is 5.91 Å². The molecule has 14 heavy (non-hydrogen) atoms. The second kappa shape index (κ2) is 6.57. The molecule has 8 heteroatoms. The van der Waals surface area contributed by atoms with Gasteiger partial charge in [-0.1, -0.05) is 0 Å². The summed E-state index contributed by atoms with van der Waals surface area (Å²) in [5.41, 5.74) is 6.61. The summed E-state index contributed by atoms with van der Waals surface area (Å²) in [6.45, 7) is -1.52. The van der Waals surface area contributed by atoms with Gasteiger partial charge in [0.2, 0.25) is 0 Å². The predicted octanol–water partition coefficient (Wildman–Crippen LogP) is -0.428. The van der Waals surface area contributed by atoms with Crippen LogP contribution in [-0.2, 0) is 14.4 Å². The third-order valence-electron chi connectivity index (χ3n) is 0.917. The molecule has 0 atom stereocenters. The zero-order valence-electron chi connectivity index (χ0n) is 7.26. The number of hydrogen-bond donors (Lipinski definition) is 2. The quantitative estimate of drug-likeness (QED) is 0.467. The molecule has 0 heterocycles. The zero-order valence-corrected chi connectivity index (χ0v) is 7.26. The lowest BCUT2D eigenvalue weighted by Gasteiger charge is -2.08. The van der Waals surface area contributed by atoms with Crippen LogP contribution in [0.4, 0.5) is 13.2 Å². The van der Waals surface area contributed by atoms with E-state index in [2.05, 4.69) is 9.57 Å². The lowest BCUT2D eigenvalue weighted by atomic mass is 10.6. The summed E-state index contributed by atoms with van der Waals surface area (Å²) >= 11 is 0. The first-order chi connectivity index (χ1) is 6.45. The molecule has 0 aromatic carbocycles. The lowest BCUT2D eigenvalue weighted by molar-refractivity contribution is -0.192. The Morgan fingerprint density at radius 2 is 2.07 bits per heavy atom. The number of amides is 1. The highest BCUT2D eigenvalue weighted by Gasteiger charge is 2.28. The average Bonchev–Trinajstić information content (AvgIpc) is 2.02. The minimum Gasteiger partial charge on any atom is -0.370 e. The summed E-state index contributed by atoms with van der Waals surface area (Å²) in [7, 11) is 0. The minimum atomic E-state index is -4.47. The lowest BCUT2D eigenvalue weighted by Crippen LogP contribution is -2.32. The molecule has 5 nitrogen and oxygen atoms in total. The largest absolute Gasteiger partial charge is 0.414 e. The van der Waals surface area contributed by atoms with E-state index in [1.165, 1.54) is 0 Å². The van der Waals surface area contributed by atoms with Crippen molar-refractivity contribution in [3.8, 4) is 0 Å². The Morgan fingerprint density at radius 1 is 1.43 bits per heavy atom. The van der Waals surface area contributed by atoms with E-state index in [0.717, 1.165) is 0 Å². The molecule has 0 saturated heterocycles. The van der Waals surface area contributed by atoms with Crippen LogP contribution in [-0.4, -0.2) is 38.4 Å². The summed E-state index contributed by atoms with van der Waals surface area (Å²) in [5, 5.41) is 0. The van der Waals surface area contributed by atoms with Gasteiger partial charge in [-0.3, -0.25) is 9.63 Å². The Morgan fingerprint density at radius 3 is 2.57 bits per heavy atom. The molecule has 0 bridgehead atoms. The van der Waals surface area contributed by atoms with Gasteiger partial charge >= 0.3 is 6.18 Å². The maximum absolute atomic E-state index is 11.5. The van der Waals surface area contributed by atoms with Crippen molar-refractivity contribution >= 4 is 5.91 Å². The van der Waals surface area contributed by atoms with Gasteiger partial charge in [0, 0.05) is 6.54 Å². The zero-order chi connectivity index (χ0) is 11.0. The van der Waals surface area contributed by atoms with E-state index >= 15 is 0 Å². The molecule has 0 fully saturated rings. The second-order valence-corrected chi connectivity index (χ2v) is 2.27. The highest BCUT2D eigenvalue weighted by molar-refractivity contribution is 5.75. The second-order valence-electron chi connectivity index (χ2n) is 2.27. The summed E-state index contributed by atoms with van der Waals surface area (Å²) < 4.78 is 39.1. The van der Waals surface area contributed by atoms with Crippen molar-refractivity contribution in [2.24, 2.45) is 5.73 Å². The van der Waals surface area contributed by atoms with Gasteiger partial charge < -0.3 is 10.5 Å². The third-order valence-corrected chi connectivity index (χ3v) is 0.917. The average molecular weight is 216 g/mol. The van der Waals surface area contributed by atoms with E-state index in [0.29, 0.717) is 0 Å². The number of hydroxylamine groups is 1. The molecule has 0 saturated carbocycles. The van der Waals surface area contributed by atoms with Crippen LogP contribution in [0.2, 0.25) is 0 Å². The van der Waals surface area contributed by atoms with Crippen LogP contribution in [0, 0.1) is 0 Å². The van der Waals surface area contributed by atoms with E-state index in [-0.39, 0.29) is 19.8 Å². The number of alkyl halides is 3. The van der Waals surface area contributed by atoms with Crippen LogP contribution >= 0.6 is 0 Å². The number of rotatable bonds is 6. The highest BCUT2D eigenvalue weighted by Crippen LogP contribution is 2.13. The molecule has 0 radical (unpaired) electrons. The summed E-state index contributed by atoms with van der Waals surface area (Å²) in [6, 6.07) is 0. The highest BCUT2D eigenvalue weighted by atomic mass is 19.4. The molecule has 0 aliphatic rings. The number of nitrogens with two attached hydrogens (primary N) is 1. The van der Waals surface area contributed by atoms with Crippen molar-refractivity contribution < 1.29 is 27.5 Å². The molecule has 0 aliphatic carbocycles. The van der Waals surface area contributed by atoms with Crippen LogP contribution < -0.4 is 11.2 Å². The fourth-order valence-electron chi connectivity index (χ4n) is 0.476. The van der Waals surface area contributed by atoms with Crippen molar-refractivity contribution in [3.63, 3.8) is 0 Å². The standard InChI is InChI=1S/C6H11F3N2O3/c7-6(8,9)4-14-11-5(12)3-13-2-1-10/h1-4,10H2,(H,11,12).